The number of methoxy groups -OCH3 is 1. The van der Waals surface area contributed by atoms with Crippen LogP contribution in [0.4, 0.5) is 0 Å². The first-order valence-corrected chi connectivity index (χ1v) is 8.50. The quantitative estimate of drug-likeness (QED) is 0.847. The summed E-state index contributed by atoms with van der Waals surface area (Å²) in [6.07, 6.45) is 1.61. The number of hydrogen-bond acceptors (Lipinski definition) is 5. The molecule has 1 aromatic rings. The number of ether oxygens (including phenoxy) is 1. The molecule has 0 saturated carbocycles. The van der Waals surface area contributed by atoms with Crippen LogP contribution < -0.4 is 4.74 Å². The first-order chi connectivity index (χ1) is 9.99. The summed E-state index contributed by atoms with van der Waals surface area (Å²) in [6.45, 7) is 0. The van der Waals surface area contributed by atoms with E-state index >= 15 is 0 Å². The fourth-order valence-corrected chi connectivity index (χ4v) is 4.47. The molecular weight excluding hydrogens is 290 g/mol. The lowest BCUT2D eigenvalue weighted by Gasteiger charge is -2.23. The number of rotatable bonds is 4. The molecule has 2 atom stereocenters. The Hall–Kier alpha value is -1.87. The van der Waals surface area contributed by atoms with Gasteiger partial charge in [0, 0.05) is 0 Å². The maximum atomic E-state index is 12.5. The molecule has 1 saturated heterocycles. The number of Topliss-reactive ketones (excluding diaryl/α,β-unsaturated/α-hetero) is 1. The minimum Gasteiger partial charge on any atom is -0.497 e. The molecule has 1 aromatic carbocycles. The maximum absolute atomic E-state index is 12.5. The number of nitrogens with zero attached hydrogens (tertiary/aromatic N) is 1. The van der Waals surface area contributed by atoms with E-state index in [1.807, 2.05) is 6.07 Å². The van der Waals surface area contributed by atoms with Gasteiger partial charge in [0.1, 0.15) is 16.9 Å². The molecular formula is C15H17NO4S. The highest BCUT2D eigenvalue weighted by Gasteiger charge is 2.38. The molecule has 1 aliphatic heterocycles. The topological polar surface area (TPSA) is 84.2 Å². The predicted octanol–water partition coefficient (Wildman–Crippen LogP) is 1.84. The molecule has 0 N–H and O–H groups in total. The van der Waals surface area contributed by atoms with Gasteiger partial charge in [-0.2, -0.15) is 5.26 Å². The van der Waals surface area contributed by atoms with Crippen molar-refractivity contribution in [2.45, 2.75) is 30.4 Å². The molecule has 5 nitrogen and oxygen atoms in total. The van der Waals surface area contributed by atoms with E-state index in [0.717, 1.165) is 0 Å². The Morgan fingerprint density at radius 2 is 2.00 bits per heavy atom. The summed E-state index contributed by atoms with van der Waals surface area (Å²) in [7, 11) is -1.90. The Labute approximate surface area is 124 Å². The summed E-state index contributed by atoms with van der Waals surface area (Å²) in [5.41, 5.74) is 0.504. The number of benzene rings is 1. The van der Waals surface area contributed by atoms with Gasteiger partial charge in [-0.3, -0.25) is 4.79 Å². The van der Waals surface area contributed by atoms with Crippen LogP contribution >= 0.6 is 0 Å². The van der Waals surface area contributed by atoms with Crippen molar-refractivity contribution in [2.24, 2.45) is 0 Å². The van der Waals surface area contributed by atoms with Crippen LogP contribution in [0.3, 0.4) is 0 Å². The van der Waals surface area contributed by atoms with Crippen molar-refractivity contribution in [2.75, 3.05) is 12.9 Å². The zero-order valence-electron chi connectivity index (χ0n) is 11.8. The minimum absolute atomic E-state index is 0.0319. The van der Waals surface area contributed by atoms with Crippen molar-refractivity contribution in [1.82, 2.24) is 0 Å². The normalized spacial score (nSPS) is 22.0. The van der Waals surface area contributed by atoms with Gasteiger partial charge in [0.05, 0.1) is 18.9 Å². The van der Waals surface area contributed by atoms with Crippen molar-refractivity contribution in [3.05, 3.63) is 29.8 Å². The van der Waals surface area contributed by atoms with Crippen molar-refractivity contribution < 1.29 is 17.9 Å². The van der Waals surface area contributed by atoms with Gasteiger partial charge in [-0.15, -0.1) is 0 Å². The van der Waals surface area contributed by atoms with Gasteiger partial charge in [0.25, 0.3) is 0 Å². The van der Waals surface area contributed by atoms with E-state index in [1.165, 1.54) is 7.11 Å². The number of ketones is 1. The van der Waals surface area contributed by atoms with Crippen molar-refractivity contribution >= 4 is 15.6 Å². The third kappa shape index (κ3) is 3.24. The van der Waals surface area contributed by atoms with Gasteiger partial charge in [-0.05, 0) is 30.5 Å². The van der Waals surface area contributed by atoms with E-state index in [9.17, 15) is 18.5 Å². The van der Waals surface area contributed by atoms with E-state index in [0.29, 0.717) is 30.6 Å². The molecule has 0 amide bonds. The van der Waals surface area contributed by atoms with Crippen LogP contribution in [0.5, 0.6) is 5.75 Å². The molecule has 0 spiro atoms. The zero-order chi connectivity index (χ0) is 15.5. The molecule has 2 rings (SSSR count). The fourth-order valence-electron chi connectivity index (χ4n) is 2.56. The first kappa shape index (κ1) is 15.5. The molecule has 1 fully saturated rings. The summed E-state index contributed by atoms with van der Waals surface area (Å²) in [6, 6.07) is 8.50. The Bertz CT molecular complexity index is 658. The Morgan fingerprint density at radius 3 is 2.52 bits per heavy atom. The summed E-state index contributed by atoms with van der Waals surface area (Å²) in [5.74, 6) is -0.909. The lowest BCUT2D eigenvalue weighted by molar-refractivity contribution is -0.119. The highest BCUT2D eigenvalue weighted by atomic mass is 32.2. The monoisotopic (exact) mass is 307 g/mol. The lowest BCUT2D eigenvalue weighted by Crippen LogP contribution is -2.38. The van der Waals surface area contributed by atoms with Crippen LogP contribution in [0.15, 0.2) is 24.3 Å². The second-order valence-electron chi connectivity index (χ2n) is 5.09. The molecule has 0 radical (unpaired) electrons. The van der Waals surface area contributed by atoms with Crippen LogP contribution in [0.2, 0.25) is 0 Å². The Balaban J connectivity index is 2.28. The number of carbonyl (C=O) groups excluding carboxylic acids is 1. The third-order valence-electron chi connectivity index (χ3n) is 3.76. The van der Waals surface area contributed by atoms with Crippen molar-refractivity contribution in [3.63, 3.8) is 0 Å². The van der Waals surface area contributed by atoms with Crippen LogP contribution in [0, 0.1) is 11.3 Å². The molecule has 2 unspecified atom stereocenters. The van der Waals surface area contributed by atoms with Gasteiger partial charge in [0.2, 0.25) is 0 Å². The Kier molecular flexibility index (Phi) is 4.63. The molecule has 0 aromatic heterocycles. The molecule has 6 heteroatoms. The van der Waals surface area contributed by atoms with Gasteiger partial charge >= 0.3 is 0 Å². The predicted molar refractivity (Wildman–Crippen MR) is 77.8 cm³/mol. The van der Waals surface area contributed by atoms with Crippen molar-refractivity contribution in [1.29, 1.82) is 5.26 Å². The molecule has 0 aliphatic carbocycles. The van der Waals surface area contributed by atoms with E-state index in [-0.39, 0.29) is 5.75 Å². The third-order valence-corrected chi connectivity index (χ3v) is 5.95. The standard InChI is InChI=1S/C15H17NO4S/c1-20-12-7-5-11(6-8-12)13(10-16)15(17)14-4-2-3-9-21(14,18)19/h5-8,13-14H,2-4,9H2,1H3. The number of carbonyl (C=O) groups is 1. The van der Waals surface area contributed by atoms with Crippen LogP contribution in [0.1, 0.15) is 30.7 Å². The molecule has 1 heterocycles. The smallest absolute Gasteiger partial charge is 0.172 e. The SMILES string of the molecule is COc1ccc(C(C#N)C(=O)C2CCCCS2(=O)=O)cc1. The second kappa shape index (κ2) is 6.27. The van der Waals surface area contributed by atoms with Gasteiger partial charge < -0.3 is 4.74 Å². The number of sulfone groups is 1. The minimum atomic E-state index is -3.42. The average molecular weight is 307 g/mol. The largest absolute Gasteiger partial charge is 0.497 e. The number of nitriles is 1. The van der Waals surface area contributed by atoms with E-state index in [1.54, 1.807) is 24.3 Å². The fraction of sp³-hybridized carbons (Fsp3) is 0.467. The molecule has 112 valence electrons. The van der Waals surface area contributed by atoms with Crippen LogP contribution in [0.25, 0.3) is 0 Å². The van der Waals surface area contributed by atoms with Crippen LogP contribution in [-0.2, 0) is 14.6 Å². The summed E-state index contributed by atoms with van der Waals surface area (Å²) >= 11 is 0. The summed E-state index contributed by atoms with van der Waals surface area (Å²) in [5, 5.41) is 8.24. The van der Waals surface area contributed by atoms with E-state index in [2.05, 4.69) is 0 Å². The van der Waals surface area contributed by atoms with E-state index in [4.69, 9.17) is 4.74 Å². The average Bonchev–Trinajstić information content (AvgIpc) is 2.48. The second-order valence-corrected chi connectivity index (χ2v) is 7.39. The van der Waals surface area contributed by atoms with E-state index < -0.39 is 26.8 Å². The lowest BCUT2D eigenvalue weighted by atomic mass is 9.92. The highest BCUT2D eigenvalue weighted by Crippen LogP contribution is 2.27. The molecule has 21 heavy (non-hydrogen) atoms. The highest BCUT2D eigenvalue weighted by molar-refractivity contribution is 7.92. The van der Waals surface area contributed by atoms with Gasteiger partial charge in [-0.25, -0.2) is 8.42 Å². The molecule has 1 aliphatic rings. The van der Waals surface area contributed by atoms with Crippen LogP contribution in [-0.4, -0.2) is 32.3 Å². The number of hydrogen-bond donors (Lipinski definition) is 0. The molecule has 0 bridgehead atoms. The van der Waals surface area contributed by atoms with Crippen molar-refractivity contribution in [3.8, 4) is 11.8 Å². The summed E-state index contributed by atoms with van der Waals surface area (Å²) < 4.78 is 29.1. The maximum Gasteiger partial charge on any atom is 0.172 e. The zero-order valence-corrected chi connectivity index (χ0v) is 12.6. The van der Waals surface area contributed by atoms with Gasteiger partial charge in [-0.1, -0.05) is 18.6 Å². The van der Waals surface area contributed by atoms with Gasteiger partial charge in [0.15, 0.2) is 15.6 Å². The first-order valence-electron chi connectivity index (χ1n) is 6.78. The summed E-state index contributed by atoms with van der Waals surface area (Å²) in [4.78, 5) is 12.5. The Morgan fingerprint density at radius 1 is 1.33 bits per heavy atom.